The molecule has 0 radical (unpaired) electrons. The maximum absolute atomic E-state index is 12.5. The Labute approximate surface area is 176 Å². The van der Waals surface area contributed by atoms with Crippen LogP contribution in [0.15, 0.2) is 24.3 Å². The van der Waals surface area contributed by atoms with Gasteiger partial charge in [-0.3, -0.25) is 4.79 Å². The maximum Gasteiger partial charge on any atom is 0.355 e. The lowest BCUT2D eigenvalue weighted by Crippen LogP contribution is -2.49. The summed E-state index contributed by atoms with van der Waals surface area (Å²) in [7, 11) is 1.64. The van der Waals surface area contributed by atoms with E-state index in [2.05, 4.69) is 9.88 Å². The zero-order chi connectivity index (χ0) is 21.8. The molecule has 0 saturated carbocycles. The summed E-state index contributed by atoms with van der Waals surface area (Å²) in [6, 6.07) is 7.83. The lowest BCUT2D eigenvalue weighted by Gasteiger charge is -2.36. The third kappa shape index (κ3) is 4.59. The average molecular weight is 415 g/mol. The second kappa shape index (κ2) is 9.21. The molecule has 0 spiro atoms. The number of H-pyrrole nitrogens is 1. The van der Waals surface area contributed by atoms with E-state index in [-0.39, 0.29) is 18.2 Å². The van der Waals surface area contributed by atoms with Gasteiger partial charge in [0.05, 0.1) is 13.2 Å². The molecule has 1 aromatic heterocycles. The number of nitrogens with one attached hydrogen (secondary N) is 1. The molecule has 1 aliphatic rings. The van der Waals surface area contributed by atoms with Gasteiger partial charge in [0.2, 0.25) is 0 Å². The van der Waals surface area contributed by atoms with E-state index < -0.39 is 12.1 Å². The summed E-state index contributed by atoms with van der Waals surface area (Å²) in [6.07, 6.45) is -0.688. The molecule has 30 heavy (non-hydrogen) atoms. The monoisotopic (exact) mass is 415 g/mol. The van der Waals surface area contributed by atoms with Gasteiger partial charge in [-0.1, -0.05) is 0 Å². The van der Waals surface area contributed by atoms with Crippen LogP contribution >= 0.6 is 0 Å². The largest absolute Gasteiger partial charge is 0.497 e. The van der Waals surface area contributed by atoms with Crippen molar-refractivity contribution in [3.05, 3.63) is 46.8 Å². The summed E-state index contributed by atoms with van der Waals surface area (Å²) in [5, 5.41) is 9.86. The first-order valence-corrected chi connectivity index (χ1v) is 10.0. The van der Waals surface area contributed by atoms with Gasteiger partial charge in [0.1, 0.15) is 11.4 Å². The van der Waals surface area contributed by atoms with E-state index >= 15 is 0 Å². The number of methoxy groups -OCH3 is 1. The van der Waals surface area contributed by atoms with Crippen molar-refractivity contribution >= 4 is 17.6 Å². The molecule has 8 nitrogen and oxygen atoms in total. The van der Waals surface area contributed by atoms with Crippen LogP contribution in [0.25, 0.3) is 0 Å². The van der Waals surface area contributed by atoms with Crippen molar-refractivity contribution in [3.8, 4) is 5.75 Å². The van der Waals surface area contributed by atoms with Crippen molar-refractivity contribution in [3.63, 3.8) is 0 Å². The van der Waals surface area contributed by atoms with E-state index in [9.17, 15) is 14.7 Å². The zero-order valence-corrected chi connectivity index (χ0v) is 17.9. The number of nitrogens with zero attached hydrogens (tertiary/aromatic N) is 2. The highest BCUT2D eigenvalue weighted by Gasteiger charge is 2.25. The van der Waals surface area contributed by atoms with Gasteiger partial charge >= 0.3 is 5.97 Å². The fourth-order valence-electron chi connectivity index (χ4n) is 3.89. The molecule has 2 N–H and O–H groups in total. The Hall–Kier alpha value is -3.00. The van der Waals surface area contributed by atoms with Crippen LogP contribution in [0.4, 0.5) is 5.69 Å². The zero-order valence-electron chi connectivity index (χ0n) is 17.9. The number of anilines is 1. The number of piperazine rings is 1. The molecule has 1 fully saturated rings. The number of hydrogen-bond donors (Lipinski definition) is 2. The summed E-state index contributed by atoms with van der Waals surface area (Å²) >= 11 is 0. The molecule has 0 bridgehead atoms. The molecule has 1 saturated heterocycles. The molecular formula is C22H29N3O5. The highest BCUT2D eigenvalue weighted by atomic mass is 16.5. The molecule has 1 atom stereocenters. The Kier molecular flexibility index (Phi) is 6.66. The molecular weight excluding hydrogens is 386 g/mol. The van der Waals surface area contributed by atoms with Crippen LogP contribution in [0, 0.1) is 13.8 Å². The Morgan fingerprint density at radius 2 is 1.77 bits per heavy atom. The lowest BCUT2D eigenvalue weighted by molar-refractivity contribution is -0.134. The molecule has 2 aromatic rings. The van der Waals surface area contributed by atoms with Crippen molar-refractivity contribution in [2.75, 3.05) is 44.8 Å². The smallest absolute Gasteiger partial charge is 0.355 e. The normalized spacial score (nSPS) is 15.1. The van der Waals surface area contributed by atoms with Gasteiger partial charge in [-0.05, 0) is 50.6 Å². The number of aromatic amines is 1. The van der Waals surface area contributed by atoms with Crippen LogP contribution in [0.1, 0.15) is 40.3 Å². The molecule has 1 amide bonds. The first-order valence-electron chi connectivity index (χ1n) is 10.0. The van der Waals surface area contributed by atoms with E-state index in [0.29, 0.717) is 37.3 Å². The molecule has 0 unspecified atom stereocenters. The molecule has 8 heteroatoms. The molecule has 0 aliphatic carbocycles. The van der Waals surface area contributed by atoms with E-state index in [1.54, 1.807) is 32.8 Å². The summed E-state index contributed by atoms with van der Waals surface area (Å²) in [4.78, 5) is 31.8. The van der Waals surface area contributed by atoms with Gasteiger partial charge in [-0.2, -0.15) is 0 Å². The quantitative estimate of drug-likeness (QED) is 0.703. The van der Waals surface area contributed by atoms with Crippen LogP contribution in [0.5, 0.6) is 5.75 Å². The maximum atomic E-state index is 12.5. The third-order valence-electron chi connectivity index (χ3n) is 5.51. The summed E-state index contributed by atoms with van der Waals surface area (Å²) < 4.78 is 10.4. The van der Waals surface area contributed by atoms with Gasteiger partial charge in [0.25, 0.3) is 5.91 Å². The van der Waals surface area contributed by atoms with Crippen LogP contribution in [0.3, 0.4) is 0 Å². The molecule has 1 aromatic carbocycles. The number of esters is 1. The van der Waals surface area contributed by atoms with E-state index in [0.717, 1.165) is 17.1 Å². The van der Waals surface area contributed by atoms with Crippen molar-refractivity contribution in [2.24, 2.45) is 0 Å². The van der Waals surface area contributed by atoms with Gasteiger partial charge in [-0.25, -0.2) is 4.79 Å². The SMILES string of the molecule is COc1ccc(N2CCN(C(=O)COC(=O)c3[nH]c(C)c([C@H](C)O)c3C)CC2)cc1. The van der Waals surface area contributed by atoms with Crippen LogP contribution in [0.2, 0.25) is 0 Å². The number of rotatable bonds is 6. The summed E-state index contributed by atoms with van der Waals surface area (Å²) in [5.41, 5.74) is 3.41. The Bertz CT molecular complexity index is 896. The van der Waals surface area contributed by atoms with Crippen LogP contribution in [-0.4, -0.2) is 66.8 Å². The number of aryl methyl sites for hydroxylation is 1. The second-order valence-electron chi connectivity index (χ2n) is 7.48. The van der Waals surface area contributed by atoms with Gasteiger partial charge < -0.3 is 29.4 Å². The molecule has 2 heterocycles. The highest BCUT2D eigenvalue weighted by Crippen LogP contribution is 2.25. The van der Waals surface area contributed by atoms with E-state index in [1.165, 1.54) is 0 Å². The molecule has 3 rings (SSSR count). The number of aromatic nitrogens is 1. The Morgan fingerprint density at radius 1 is 1.13 bits per heavy atom. The number of amides is 1. The van der Waals surface area contributed by atoms with Crippen molar-refractivity contribution < 1.29 is 24.2 Å². The predicted octanol–water partition coefficient (Wildman–Crippen LogP) is 2.20. The number of aliphatic hydroxyl groups is 1. The van der Waals surface area contributed by atoms with Crippen molar-refractivity contribution in [1.29, 1.82) is 0 Å². The lowest BCUT2D eigenvalue weighted by atomic mass is 10.1. The first kappa shape index (κ1) is 21.7. The minimum Gasteiger partial charge on any atom is -0.497 e. The fourth-order valence-corrected chi connectivity index (χ4v) is 3.89. The minimum absolute atomic E-state index is 0.214. The second-order valence-corrected chi connectivity index (χ2v) is 7.48. The fraction of sp³-hybridized carbons (Fsp3) is 0.455. The number of hydrogen-bond acceptors (Lipinski definition) is 6. The van der Waals surface area contributed by atoms with Gasteiger partial charge in [0, 0.05) is 43.1 Å². The van der Waals surface area contributed by atoms with Gasteiger partial charge in [-0.15, -0.1) is 0 Å². The van der Waals surface area contributed by atoms with Crippen LogP contribution < -0.4 is 9.64 Å². The Morgan fingerprint density at radius 3 is 2.30 bits per heavy atom. The van der Waals surface area contributed by atoms with Crippen molar-refractivity contribution in [2.45, 2.75) is 26.9 Å². The minimum atomic E-state index is -0.688. The average Bonchev–Trinajstić information content (AvgIpc) is 3.06. The summed E-state index contributed by atoms with van der Waals surface area (Å²) in [5.74, 6) is 0.00424. The van der Waals surface area contributed by atoms with Crippen LogP contribution in [-0.2, 0) is 9.53 Å². The van der Waals surface area contributed by atoms with E-state index in [4.69, 9.17) is 9.47 Å². The number of carbonyl (C=O) groups is 2. The topological polar surface area (TPSA) is 95.1 Å². The number of carbonyl (C=O) groups excluding carboxylic acids is 2. The van der Waals surface area contributed by atoms with Crippen molar-refractivity contribution in [1.82, 2.24) is 9.88 Å². The first-order chi connectivity index (χ1) is 14.3. The van der Waals surface area contributed by atoms with Gasteiger partial charge in [0.15, 0.2) is 6.61 Å². The number of ether oxygens (including phenoxy) is 2. The highest BCUT2D eigenvalue weighted by molar-refractivity contribution is 5.91. The standard InChI is InChI=1S/C22H29N3O5/c1-14-20(16(3)26)15(2)23-21(14)22(28)30-13-19(27)25-11-9-24(10-12-25)17-5-7-18(29-4)8-6-17/h5-8,16,23,26H,9-13H2,1-4H3/t16-/m0/s1. The third-order valence-corrected chi connectivity index (χ3v) is 5.51. The number of aliphatic hydroxyl groups excluding tert-OH is 1. The summed E-state index contributed by atoms with van der Waals surface area (Å²) in [6.45, 7) is 7.43. The Balaban J connectivity index is 1.51. The van der Waals surface area contributed by atoms with E-state index in [1.807, 2.05) is 24.3 Å². The predicted molar refractivity (Wildman–Crippen MR) is 113 cm³/mol. The molecule has 162 valence electrons. The molecule has 1 aliphatic heterocycles. The number of benzene rings is 1.